The van der Waals surface area contributed by atoms with Crippen molar-refractivity contribution in [3.63, 3.8) is 0 Å². The molecule has 1 aromatic carbocycles. The second-order valence-corrected chi connectivity index (χ2v) is 5.07. The van der Waals surface area contributed by atoms with Crippen molar-refractivity contribution in [1.82, 2.24) is 15.3 Å². The van der Waals surface area contributed by atoms with Gasteiger partial charge in [0.05, 0.1) is 6.20 Å². The summed E-state index contributed by atoms with van der Waals surface area (Å²) < 4.78 is 0. The quantitative estimate of drug-likeness (QED) is 0.847. The van der Waals surface area contributed by atoms with E-state index in [2.05, 4.69) is 44.5 Å². The number of amides is 1. The van der Waals surface area contributed by atoms with E-state index in [4.69, 9.17) is 0 Å². The Kier molecular flexibility index (Phi) is 4.09. The molecule has 5 nitrogen and oxygen atoms in total. The lowest BCUT2D eigenvalue weighted by Crippen LogP contribution is -2.29. The fourth-order valence-corrected chi connectivity index (χ4v) is 2.62. The van der Waals surface area contributed by atoms with E-state index in [1.54, 1.807) is 6.20 Å². The molecule has 1 amide bonds. The number of hydrogen-bond donors (Lipinski definition) is 1. The van der Waals surface area contributed by atoms with E-state index >= 15 is 0 Å². The first kappa shape index (κ1) is 13.5. The maximum atomic E-state index is 11.8. The number of hydrogen-bond acceptors (Lipinski definition) is 4. The van der Waals surface area contributed by atoms with Crippen LogP contribution in [0.3, 0.4) is 0 Å². The Hall–Kier alpha value is -2.43. The Morgan fingerprint density at radius 3 is 3.05 bits per heavy atom. The molecule has 108 valence electrons. The molecule has 0 saturated carbocycles. The van der Waals surface area contributed by atoms with Crippen molar-refractivity contribution < 1.29 is 4.79 Å². The lowest BCUT2D eigenvalue weighted by molar-refractivity contribution is 0.0948. The van der Waals surface area contributed by atoms with Crippen LogP contribution in [-0.2, 0) is 6.42 Å². The first-order valence-electron chi connectivity index (χ1n) is 7.21. The summed E-state index contributed by atoms with van der Waals surface area (Å²) >= 11 is 0. The van der Waals surface area contributed by atoms with Gasteiger partial charge in [0.1, 0.15) is 5.69 Å². The van der Waals surface area contributed by atoms with Gasteiger partial charge in [-0.3, -0.25) is 9.78 Å². The number of carbonyl (C=O) groups is 1. The van der Waals surface area contributed by atoms with Gasteiger partial charge in [0.2, 0.25) is 0 Å². The summed E-state index contributed by atoms with van der Waals surface area (Å²) in [5, 5.41) is 2.88. The number of nitrogens with zero attached hydrogens (tertiary/aromatic N) is 3. The first-order valence-corrected chi connectivity index (χ1v) is 7.21. The Bertz CT molecular complexity index is 615. The maximum absolute atomic E-state index is 11.8. The van der Waals surface area contributed by atoms with Gasteiger partial charge < -0.3 is 10.2 Å². The van der Waals surface area contributed by atoms with E-state index in [-0.39, 0.29) is 5.91 Å². The van der Waals surface area contributed by atoms with Crippen LogP contribution in [0, 0.1) is 0 Å². The number of carbonyl (C=O) groups excluding carboxylic acids is 1. The molecule has 0 spiro atoms. The van der Waals surface area contributed by atoms with Gasteiger partial charge in [-0.2, -0.15) is 0 Å². The van der Waals surface area contributed by atoms with Gasteiger partial charge >= 0.3 is 0 Å². The summed E-state index contributed by atoms with van der Waals surface area (Å²) in [6.07, 6.45) is 6.59. The maximum Gasteiger partial charge on any atom is 0.271 e. The molecule has 0 radical (unpaired) electrons. The highest BCUT2D eigenvalue weighted by molar-refractivity contribution is 5.91. The molecule has 1 aliphatic heterocycles. The second-order valence-electron chi connectivity index (χ2n) is 5.07. The van der Waals surface area contributed by atoms with Crippen LogP contribution in [0.25, 0.3) is 0 Å². The summed E-state index contributed by atoms with van der Waals surface area (Å²) in [4.78, 5) is 22.1. The predicted octanol–water partition coefficient (Wildman–Crippen LogP) is 1.66. The Morgan fingerprint density at radius 2 is 2.19 bits per heavy atom. The summed E-state index contributed by atoms with van der Waals surface area (Å²) in [6, 6.07) is 8.52. The van der Waals surface area contributed by atoms with E-state index in [9.17, 15) is 4.79 Å². The molecule has 0 saturated heterocycles. The Balaban J connectivity index is 1.44. The average molecular weight is 282 g/mol. The average Bonchev–Trinajstić information content (AvgIpc) is 2.95. The molecule has 21 heavy (non-hydrogen) atoms. The number of para-hydroxylation sites is 1. The molecule has 1 aliphatic rings. The number of aromatic nitrogens is 2. The van der Waals surface area contributed by atoms with E-state index < -0.39 is 0 Å². The molecule has 0 unspecified atom stereocenters. The molecular formula is C16H18N4O. The predicted molar refractivity (Wildman–Crippen MR) is 81.3 cm³/mol. The standard InChI is InChI=1S/C16H18N4O/c21-16(14-12-17-8-9-18-14)19-7-3-10-20-11-6-13-4-1-2-5-15(13)20/h1-2,4-5,8-9,12H,3,6-7,10-11H2,(H,19,21). The molecule has 2 aromatic rings. The van der Waals surface area contributed by atoms with Crippen molar-refractivity contribution in [2.24, 2.45) is 0 Å². The third-order valence-corrected chi connectivity index (χ3v) is 3.67. The number of anilines is 1. The van der Waals surface area contributed by atoms with Crippen LogP contribution in [-0.4, -0.2) is 35.5 Å². The second kappa shape index (κ2) is 6.35. The number of fused-ring (bicyclic) bond motifs is 1. The highest BCUT2D eigenvalue weighted by atomic mass is 16.1. The van der Waals surface area contributed by atoms with E-state index in [1.807, 2.05) is 0 Å². The van der Waals surface area contributed by atoms with Gasteiger partial charge in [-0.1, -0.05) is 18.2 Å². The van der Waals surface area contributed by atoms with E-state index in [1.165, 1.54) is 23.6 Å². The zero-order chi connectivity index (χ0) is 14.5. The summed E-state index contributed by atoms with van der Waals surface area (Å²) in [6.45, 7) is 2.67. The van der Waals surface area contributed by atoms with Crippen molar-refractivity contribution in [1.29, 1.82) is 0 Å². The van der Waals surface area contributed by atoms with Gasteiger partial charge in [-0.15, -0.1) is 0 Å². The molecule has 1 aromatic heterocycles. The minimum absolute atomic E-state index is 0.162. The van der Waals surface area contributed by atoms with E-state index in [0.29, 0.717) is 12.2 Å². The van der Waals surface area contributed by atoms with Crippen LogP contribution in [0.4, 0.5) is 5.69 Å². The van der Waals surface area contributed by atoms with Crippen LogP contribution in [0.15, 0.2) is 42.9 Å². The van der Waals surface area contributed by atoms with Crippen molar-refractivity contribution in [3.8, 4) is 0 Å². The summed E-state index contributed by atoms with van der Waals surface area (Å²) in [7, 11) is 0. The van der Waals surface area contributed by atoms with Crippen LogP contribution in [0.2, 0.25) is 0 Å². The molecule has 0 fully saturated rings. The van der Waals surface area contributed by atoms with Gasteiger partial charge in [-0.05, 0) is 24.5 Å². The molecule has 0 atom stereocenters. The minimum atomic E-state index is -0.162. The molecular weight excluding hydrogens is 264 g/mol. The number of benzene rings is 1. The SMILES string of the molecule is O=C(NCCCN1CCc2ccccc21)c1cnccn1. The van der Waals surface area contributed by atoms with E-state index in [0.717, 1.165) is 25.9 Å². The lowest BCUT2D eigenvalue weighted by atomic mass is 10.2. The summed E-state index contributed by atoms with van der Waals surface area (Å²) in [5.41, 5.74) is 3.11. The topological polar surface area (TPSA) is 58.1 Å². The Morgan fingerprint density at radius 1 is 1.29 bits per heavy atom. The van der Waals surface area contributed by atoms with Gasteiger partial charge in [-0.25, -0.2) is 4.98 Å². The fraction of sp³-hybridized carbons (Fsp3) is 0.312. The largest absolute Gasteiger partial charge is 0.371 e. The minimum Gasteiger partial charge on any atom is -0.371 e. The van der Waals surface area contributed by atoms with Crippen LogP contribution >= 0.6 is 0 Å². The zero-order valence-corrected chi connectivity index (χ0v) is 11.8. The Labute approximate surface area is 124 Å². The third kappa shape index (κ3) is 3.18. The molecule has 5 heteroatoms. The normalized spacial score (nSPS) is 13.0. The van der Waals surface area contributed by atoms with Crippen molar-refractivity contribution in [2.75, 3.05) is 24.5 Å². The molecule has 0 bridgehead atoms. The fourth-order valence-electron chi connectivity index (χ4n) is 2.62. The van der Waals surface area contributed by atoms with Crippen LogP contribution in [0.1, 0.15) is 22.5 Å². The molecule has 1 N–H and O–H groups in total. The van der Waals surface area contributed by atoms with Crippen molar-refractivity contribution in [2.45, 2.75) is 12.8 Å². The van der Waals surface area contributed by atoms with Gasteiger partial charge in [0.25, 0.3) is 5.91 Å². The lowest BCUT2D eigenvalue weighted by Gasteiger charge is -2.19. The van der Waals surface area contributed by atoms with Crippen molar-refractivity contribution in [3.05, 3.63) is 54.1 Å². The van der Waals surface area contributed by atoms with Crippen LogP contribution in [0.5, 0.6) is 0 Å². The third-order valence-electron chi connectivity index (χ3n) is 3.67. The van der Waals surface area contributed by atoms with Crippen molar-refractivity contribution >= 4 is 11.6 Å². The zero-order valence-electron chi connectivity index (χ0n) is 11.8. The monoisotopic (exact) mass is 282 g/mol. The highest BCUT2D eigenvalue weighted by Crippen LogP contribution is 2.27. The van der Waals surface area contributed by atoms with Gasteiger partial charge in [0, 0.05) is 37.7 Å². The summed E-state index contributed by atoms with van der Waals surface area (Å²) in [5.74, 6) is -0.162. The number of nitrogens with one attached hydrogen (secondary N) is 1. The smallest absolute Gasteiger partial charge is 0.271 e. The highest BCUT2D eigenvalue weighted by Gasteiger charge is 2.17. The molecule has 3 rings (SSSR count). The number of rotatable bonds is 5. The first-order chi connectivity index (χ1) is 10.3. The van der Waals surface area contributed by atoms with Crippen LogP contribution < -0.4 is 10.2 Å². The van der Waals surface area contributed by atoms with Gasteiger partial charge in [0.15, 0.2) is 0 Å². The molecule has 2 heterocycles. The molecule has 0 aliphatic carbocycles.